The van der Waals surface area contributed by atoms with E-state index >= 15 is 0 Å². The third-order valence-corrected chi connectivity index (χ3v) is 6.49. The molecule has 0 atom stereocenters. The molecule has 0 radical (unpaired) electrons. The Morgan fingerprint density at radius 3 is 2.63 bits per heavy atom. The molecule has 0 fully saturated rings. The molecule has 0 aliphatic carbocycles. The summed E-state index contributed by atoms with van der Waals surface area (Å²) in [6.45, 7) is 0. The Hall–Kier alpha value is -1.89. The topological polar surface area (TPSA) is 91.6 Å². The highest BCUT2D eigenvalue weighted by Crippen LogP contribution is 2.32. The summed E-state index contributed by atoms with van der Waals surface area (Å²) in [6.07, 6.45) is 1.25. The monoisotopic (exact) mass is 455 g/mol. The van der Waals surface area contributed by atoms with Crippen molar-refractivity contribution in [2.45, 2.75) is 10.1 Å². The molecule has 11 heteroatoms. The standard InChI is InChI=1S/C16H8Cl3N5OS2/c17-10-6-21-13(12(19)11(10)18)14(25)22-15-23-24-16(27-15)26-7-9-3-1-8(5-20)2-4-9/h1-4,6H,7H2,(H,22,23,25). The lowest BCUT2D eigenvalue weighted by Gasteiger charge is -2.05. The van der Waals surface area contributed by atoms with Gasteiger partial charge < -0.3 is 0 Å². The van der Waals surface area contributed by atoms with Gasteiger partial charge in [-0.25, -0.2) is 4.98 Å². The van der Waals surface area contributed by atoms with Crippen LogP contribution in [0.25, 0.3) is 0 Å². The molecular formula is C16H8Cl3N5OS2. The van der Waals surface area contributed by atoms with Crippen molar-refractivity contribution in [2.75, 3.05) is 5.32 Å². The Kier molecular flexibility index (Phi) is 6.52. The molecular weight excluding hydrogens is 449 g/mol. The lowest BCUT2D eigenvalue weighted by atomic mass is 10.2. The molecule has 0 unspecified atom stereocenters. The molecule has 0 bridgehead atoms. The van der Waals surface area contributed by atoms with Crippen LogP contribution in [-0.4, -0.2) is 21.1 Å². The summed E-state index contributed by atoms with van der Waals surface area (Å²) >= 11 is 20.4. The molecule has 1 amide bonds. The van der Waals surface area contributed by atoms with Crippen molar-refractivity contribution in [3.63, 3.8) is 0 Å². The van der Waals surface area contributed by atoms with Crippen molar-refractivity contribution >= 4 is 68.9 Å². The van der Waals surface area contributed by atoms with Crippen LogP contribution in [0.3, 0.4) is 0 Å². The van der Waals surface area contributed by atoms with Gasteiger partial charge in [0.1, 0.15) is 5.69 Å². The summed E-state index contributed by atoms with van der Waals surface area (Å²) in [5.41, 5.74) is 1.61. The second-order valence-corrected chi connectivity index (χ2v) is 8.37. The Bertz CT molecular complexity index is 1030. The molecule has 1 aromatic carbocycles. The quantitative estimate of drug-likeness (QED) is 0.413. The van der Waals surface area contributed by atoms with Gasteiger partial charge >= 0.3 is 0 Å². The van der Waals surface area contributed by atoms with Crippen LogP contribution in [0.15, 0.2) is 34.8 Å². The number of nitrogens with one attached hydrogen (secondary N) is 1. The normalized spacial score (nSPS) is 10.4. The first-order chi connectivity index (χ1) is 13.0. The van der Waals surface area contributed by atoms with Gasteiger partial charge in [0.25, 0.3) is 5.91 Å². The lowest BCUT2D eigenvalue weighted by molar-refractivity contribution is 0.102. The molecule has 3 rings (SSSR count). The van der Waals surface area contributed by atoms with Gasteiger partial charge in [0.2, 0.25) is 5.13 Å². The van der Waals surface area contributed by atoms with Crippen LogP contribution in [0.1, 0.15) is 21.6 Å². The number of hydrogen-bond acceptors (Lipinski definition) is 7. The number of thioether (sulfide) groups is 1. The fraction of sp³-hybridized carbons (Fsp3) is 0.0625. The van der Waals surface area contributed by atoms with Crippen LogP contribution in [0, 0.1) is 11.3 Å². The maximum atomic E-state index is 12.3. The molecule has 0 aliphatic heterocycles. The number of anilines is 1. The number of nitriles is 1. The highest BCUT2D eigenvalue weighted by atomic mass is 35.5. The summed E-state index contributed by atoms with van der Waals surface area (Å²) < 4.78 is 0.683. The Labute approximate surface area is 177 Å². The van der Waals surface area contributed by atoms with Gasteiger partial charge in [0.15, 0.2) is 4.34 Å². The minimum Gasteiger partial charge on any atom is -0.295 e. The minimum absolute atomic E-state index is 0.0263. The third kappa shape index (κ3) is 4.89. The van der Waals surface area contributed by atoms with Crippen LogP contribution >= 0.6 is 57.9 Å². The van der Waals surface area contributed by atoms with Gasteiger partial charge in [0, 0.05) is 11.9 Å². The van der Waals surface area contributed by atoms with E-state index in [4.69, 9.17) is 40.1 Å². The molecule has 0 saturated carbocycles. The van der Waals surface area contributed by atoms with Crippen LogP contribution < -0.4 is 5.32 Å². The largest absolute Gasteiger partial charge is 0.295 e. The summed E-state index contributed by atoms with van der Waals surface area (Å²) in [4.78, 5) is 16.2. The molecule has 27 heavy (non-hydrogen) atoms. The second kappa shape index (κ2) is 8.87. The summed E-state index contributed by atoms with van der Waals surface area (Å²) in [7, 11) is 0. The molecule has 3 aromatic rings. The maximum absolute atomic E-state index is 12.3. The highest BCUT2D eigenvalue weighted by Gasteiger charge is 2.18. The predicted octanol–water partition coefficient (Wildman–Crippen LogP) is 5.31. The van der Waals surface area contributed by atoms with Gasteiger partial charge in [-0.15, -0.1) is 10.2 Å². The van der Waals surface area contributed by atoms with Crippen LogP contribution in [-0.2, 0) is 5.75 Å². The van der Waals surface area contributed by atoms with Crippen molar-refractivity contribution in [1.82, 2.24) is 15.2 Å². The number of rotatable bonds is 5. The summed E-state index contributed by atoms with van der Waals surface area (Å²) in [5.74, 6) is 0.104. The van der Waals surface area contributed by atoms with E-state index in [1.807, 2.05) is 12.1 Å². The molecule has 0 saturated heterocycles. The van der Waals surface area contributed by atoms with Crippen LogP contribution in [0.5, 0.6) is 0 Å². The fourth-order valence-electron chi connectivity index (χ4n) is 1.90. The molecule has 0 aliphatic rings. The van der Waals surface area contributed by atoms with Gasteiger partial charge in [-0.1, -0.05) is 70.0 Å². The van der Waals surface area contributed by atoms with Crippen LogP contribution in [0.2, 0.25) is 15.1 Å². The Morgan fingerprint density at radius 2 is 1.93 bits per heavy atom. The van der Waals surface area contributed by atoms with Gasteiger partial charge in [-0.2, -0.15) is 5.26 Å². The van der Waals surface area contributed by atoms with E-state index in [0.717, 1.165) is 5.56 Å². The van der Waals surface area contributed by atoms with E-state index in [-0.39, 0.29) is 20.8 Å². The predicted molar refractivity (Wildman–Crippen MR) is 108 cm³/mol. The van der Waals surface area contributed by atoms with E-state index in [9.17, 15) is 4.79 Å². The molecule has 2 aromatic heterocycles. The number of nitrogens with zero attached hydrogens (tertiary/aromatic N) is 4. The van der Waals surface area contributed by atoms with Gasteiger partial charge in [0.05, 0.1) is 26.7 Å². The smallest absolute Gasteiger partial charge is 0.277 e. The molecule has 6 nitrogen and oxygen atoms in total. The molecule has 1 N–H and O–H groups in total. The zero-order valence-corrected chi connectivity index (χ0v) is 17.1. The van der Waals surface area contributed by atoms with E-state index in [1.165, 1.54) is 29.3 Å². The average Bonchev–Trinajstić information content (AvgIpc) is 3.12. The SMILES string of the molecule is N#Cc1ccc(CSc2nnc(NC(=O)c3ncc(Cl)c(Cl)c3Cl)s2)cc1. The summed E-state index contributed by atoms with van der Waals surface area (Å²) in [6, 6.07) is 9.36. The van der Waals surface area contributed by atoms with Crippen molar-refractivity contribution < 1.29 is 4.79 Å². The zero-order chi connectivity index (χ0) is 19.4. The number of pyridine rings is 1. The minimum atomic E-state index is -0.557. The lowest BCUT2D eigenvalue weighted by Crippen LogP contribution is -2.14. The number of benzene rings is 1. The Balaban J connectivity index is 1.63. The van der Waals surface area contributed by atoms with E-state index in [0.29, 0.717) is 20.8 Å². The first kappa shape index (κ1) is 19.9. The van der Waals surface area contributed by atoms with Crippen molar-refractivity contribution in [3.05, 3.63) is 62.4 Å². The number of halogens is 3. The number of amides is 1. The number of hydrogen-bond donors (Lipinski definition) is 1. The first-order valence-electron chi connectivity index (χ1n) is 7.24. The number of carbonyl (C=O) groups excluding carboxylic acids is 1. The Morgan fingerprint density at radius 1 is 1.19 bits per heavy atom. The molecule has 0 spiro atoms. The van der Waals surface area contributed by atoms with Crippen molar-refractivity contribution in [3.8, 4) is 6.07 Å². The van der Waals surface area contributed by atoms with Crippen molar-refractivity contribution in [1.29, 1.82) is 5.26 Å². The summed E-state index contributed by atoms with van der Waals surface area (Å²) in [5, 5.41) is 19.9. The third-order valence-electron chi connectivity index (χ3n) is 3.20. The average molecular weight is 457 g/mol. The highest BCUT2D eigenvalue weighted by molar-refractivity contribution is 8.00. The molecule has 2 heterocycles. The van der Waals surface area contributed by atoms with Gasteiger partial charge in [-0.05, 0) is 17.7 Å². The fourth-order valence-corrected chi connectivity index (χ4v) is 4.17. The molecule has 136 valence electrons. The van der Waals surface area contributed by atoms with E-state index in [2.05, 4.69) is 26.6 Å². The van der Waals surface area contributed by atoms with Crippen molar-refractivity contribution in [2.24, 2.45) is 0 Å². The zero-order valence-electron chi connectivity index (χ0n) is 13.2. The van der Waals surface area contributed by atoms with Gasteiger partial charge in [-0.3, -0.25) is 10.1 Å². The second-order valence-electron chi connectivity index (χ2n) is 5.01. The van der Waals surface area contributed by atoms with E-state index in [1.54, 1.807) is 12.1 Å². The number of aromatic nitrogens is 3. The maximum Gasteiger partial charge on any atom is 0.277 e. The van der Waals surface area contributed by atoms with Crippen LogP contribution in [0.4, 0.5) is 5.13 Å². The first-order valence-corrected chi connectivity index (χ1v) is 10.2. The number of carbonyl (C=O) groups is 1. The van der Waals surface area contributed by atoms with E-state index < -0.39 is 5.91 Å².